The highest BCUT2D eigenvalue weighted by atomic mass is 35.5. The number of nitrogens with zero attached hydrogens (tertiary/aromatic N) is 3. The second kappa shape index (κ2) is 6.79. The Labute approximate surface area is 139 Å². The summed E-state index contributed by atoms with van der Waals surface area (Å²) >= 11 is 6.06. The normalized spacial score (nSPS) is 10.9. The van der Waals surface area contributed by atoms with E-state index in [-0.39, 0.29) is 12.3 Å². The molecule has 3 aromatic rings. The highest BCUT2D eigenvalue weighted by molar-refractivity contribution is 6.31. The first-order chi connectivity index (χ1) is 11.1. The van der Waals surface area contributed by atoms with Gasteiger partial charge in [-0.25, -0.2) is 9.97 Å². The highest BCUT2D eigenvalue weighted by Crippen LogP contribution is 2.15. The Bertz CT molecular complexity index is 843. The molecule has 0 atom stereocenters. The summed E-state index contributed by atoms with van der Waals surface area (Å²) < 4.78 is 1.95. The molecule has 0 aliphatic heterocycles. The first kappa shape index (κ1) is 15.5. The van der Waals surface area contributed by atoms with E-state index in [1.165, 1.54) is 0 Å². The van der Waals surface area contributed by atoms with Gasteiger partial charge >= 0.3 is 0 Å². The van der Waals surface area contributed by atoms with E-state index in [4.69, 9.17) is 11.6 Å². The fourth-order valence-electron chi connectivity index (χ4n) is 2.49. The zero-order valence-electron chi connectivity index (χ0n) is 12.8. The van der Waals surface area contributed by atoms with Crippen LogP contribution in [0.4, 0.5) is 0 Å². The maximum absolute atomic E-state index is 12.0. The number of imidazole rings is 1. The van der Waals surface area contributed by atoms with Gasteiger partial charge in [0.05, 0.1) is 6.42 Å². The molecule has 1 amide bonds. The van der Waals surface area contributed by atoms with E-state index in [9.17, 15) is 4.79 Å². The van der Waals surface area contributed by atoms with Crippen molar-refractivity contribution in [2.75, 3.05) is 6.54 Å². The van der Waals surface area contributed by atoms with Gasteiger partial charge in [0, 0.05) is 31.2 Å². The number of aromatic nitrogens is 3. The number of carbonyl (C=O) groups is 1. The Hall–Kier alpha value is -2.40. The number of benzene rings is 1. The maximum atomic E-state index is 12.0. The number of hydrogen-bond donors (Lipinski definition) is 1. The Balaban J connectivity index is 1.57. The van der Waals surface area contributed by atoms with Gasteiger partial charge < -0.3 is 9.88 Å². The third kappa shape index (κ3) is 3.51. The van der Waals surface area contributed by atoms with Gasteiger partial charge in [0.2, 0.25) is 5.91 Å². The number of carbonyl (C=O) groups excluding carboxylic acids is 1. The van der Waals surface area contributed by atoms with Crippen molar-refractivity contribution in [2.45, 2.75) is 12.8 Å². The van der Waals surface area contributed by atoms with E-state index in [1.54, 1.807) is 12.3 Å². The van der Waals surface area contributed by atoms with Crippen LogP contribution < -0.4 is 5.32 Å². The van der Waals surface area contributed by atoms with E-state index in [1.807, 2.05) is 41.9 Å². The zero-order chi connectivity index (χ0) is 16.2. The first-order valence-corrected chi connectivity index (χ1v) is 7.79. The number of nitrogens with one attached hydrogen (secondary N) is 1. The second-order valence-electron chi connectivity index (χ2n) is 5.30. The molecule has 0 bridgehead atoms. The fraction of sp³-hybridized carbons (Fsp3) is 0.235. The predicted octanol–water partition coefficient (Wildman–Crippen LogP) is 2.52. The van der Waals surface area contributed by atoms with Crippen LogP contribution >= 0.6 is 11.6 Å². The third-order valence-corrected chi connectivity index (χ3v) is 4.07. The number of rotatable bonds is 5. The van der Waals surface area contributed by atoms with Crippen molar-refractivity contribution in [1.29, 1.82) is 0 Å². The Morgan fingerprint density at radius 3 is 2.87 bits per heavy atom. The molecule has 0 radical (unpaired) electrons. The van der Waals surface area contributed by atoms with Crippen LogP contribution in [-0.4, -0.2) is 27.0 Å². The van der Waals surface area contributed by atoms with Gasteiger partial charge in [-0.15, -0.1) is 0 Å². The molecule has 0 fully saturated rings. The smallest absolute Gasteiger partial charge is 0.224 e. The van der Waals surface area contributed by atoms with Crippen molar-refractivity contribution in [3.05, 3.63) is 59.0 Å². The van der Waals surface area contributed by atoms with Crippen molar-refractivity contribution in [2.24, 2.45) is 7.05 Å². The summed E-state index contributed by atoms with van der Waals surface area (Å²) in [4.78, 5) is 20.8. The molecule has 0 saturated carbocycles. The monoisotopic (exact) mass is 328 g/mol. The van der Waals surface area contributed by atoms with Gasteiger partial charge in [-0.05, 0) is 23.8 Å². The van der Waals surface area contributed by atoms with E-state index >= 15 is 0 Å². The lowest BCUT2D eigenvalue weighted by atomic mass is 10.1. The van der Waals surface area contributed by atoms with E-state index < -0.39 is 0 Å². The number of pyridine rings is 1. The lowest BCUT2D eigenvalue weighted by Gasteiger charge is -2.06. The number of amides is 1. The Morgan fingerprint density at radius 1 is 1.26 bits per heavy atom. The molecule has 5 nitrogen and oxygen atoms in total. The zero-order valence-corrected chi connectivity index (χ0v) is 13.5. The molecule has 23 heavy (non-hydrogen) atoms. The van der Waals surface area contributed by atoms with E-state index in [0.717, 1.165) is 22.6 Å². The van der Waals surface area contributed by atoms with Gasteiger partial charge in [0.25, 0.3) is 0 Å². The SMILES string of the molecule is Cn1c(CCNC(=O)Cc2ccccc2Cl)nc2cccnc21. The standard InChI is InChI=1S/C17H17ClN4O/c1-22-15(21-14-7-4-9-20-17(14)22)8-10-19-16(23)11-12-5-2-3-6-13(12)18/h2-7,9H,8,10-11H2,1H3,(H,19,23). The van der Waals surface area contributed by atoms with Crippen LogP contribution in [0.2, 0.25) is 5.02 Å². The quantitative estimate of drug-likeness (QED) is 0.783. The van der Waals surface area contributed by atoms with Gasteiger partial charge in [0.15, 0.2) is 5.65 Å². The molecule has 0 aliphatic rings. The number of fused-ring (bicyclic) bond motifs is 1. The molecule has 1 N–H and O–H groups in total. The average molecular weight is 329 g/mol. The third-order valence-electron chi connectivity index (χ3n) is 3.70. The number of aryl methyl sites for hydroxylation is 1. The van der Waals surface area contributed by atoms with Crippen molar-refractivity contribution in [3.8, 4) is 0 Å². The van der Waals surface area contributed by atoms with Crippen molar-refractivity contribution in [3.63, 3.8) is 0 Å². The summed E-state index contributed by atoms with van der Waals surface area (Å²) in [6.07, 6.45) is 2.68. The average Bonchev–Trinajstić information content (AvgIpc) is 2.86. The van der Waals surface area contributed by atoms with Crippen LogP contribution in [0.1, 0.15) is 11.4 Å². The molecule has 0 unspecified atom stereocenters. The molecule has 3 rings (SSSR count). The van der Waals surface area contributed by atoms with Crippen molar-refractivity contribution < 1.29 is 4.79 Å². The molecule has 0 aliphatic carbocycles. The maximum Gasteiger partial charge on any atom is 0.224 e. The minimum atomic E-state index is -0.0463. The summed E-state index contributed by atoms with van der Waals surface area (Å²) in [6.45, 7) is 0.528. The Morgan fingerprint density at radius 2 is 2.09 bits per heavy atom. The summed E-state index contributed by atoms with van der Waals surface area (Å²) in [5.74, 6) is 0.853. The van der Waals surface area contributed by atoms with Crippen LogP contribution in [0.25, 0.3) is 11.2 Å². The predicted molar refractivity (Wildman–Crippen MR) is 90.4 cm³/mol. The molecule has 2 heterocycles. The van der Waals surface area contributed by atoms with Crippen molar-refractivity contribution >= 4 is 28.7 Å². The molecule has 0 saturated heterocycles. The lowest BCUT2D eigenvalue weighted by Crippen LogP contribution is -2.27. The second-order valence-corrected chi connectivity index (χ2v) is 5.71. The highest BCUT2D eigenvalue weighted by Gasteiger charge is 2.09. The van der Waals surface area contributed by atoms with Crippen LogP contribution in [0, 0.1) is 0 Å². The minimum absolute atomic E-state index is 0.0463. The van der Waals surface area contributed by atoms with Gasteiger partial charge in [0.1, 0.15) is 11.3 Å². The van der Waals surface area contributed by atoms with Gasteiger partial charge in [-0.3, -0.25) is 4.79 Å². The number of halogens is 1. The molecular weight excluding hydrogens is 312 g/mol. The van der Waals surface area contributed by atoms with E-state index in [2.05, 4.69) is 15.3 Å². The first-order valence-electron chi connectivity index (χ1n) is 7.41. The minimum Gasteiger partial charge on any atom is -0.355 e. The fourth-order valence-corrected chi connectivity index (χ4v) is 2.69. The summed E-state index contributed by atoms with van der Waals surface area (Å²) in [5, 5.41) is 3.52. The molecule has 2 aromatic heterocycles. The molecule has 1 aromatic carbocycles. The molecular formula is C17H17ClN4O. The van der Waals surface area contributed by atoms with Crippen LogP contribution in [-0.2, 0) is 24.7 Å². The summed E-state index contributed by atoms with van der Waals surface area (Å²) in [7, 11) is 1.93. The van der Waals surface area contributed by atoms with Crippen LogP contribution in [0.5, 0.6) is 0 Å². The topological polar surface area (TPSA) is 59.8 Å². The van der Waals surface area contributed by atoms with Gasteiger partial charge in [-0.1, -0.05) is 29.8 Å². The van der Waals surface area contributed by atoms with Crippen LogP contribution in [0.3, 0.4) is 0 Å². The Kier molecular flexibility index (Phi) is 4.57. The summed E-state index contributed by atoms with van der Waals surface area (Å²) in [5.41, 5.74) is 2.55. The molecule has 118 valence electrons. The van der Waals surface area contributed by atoms with Crippen molar-refractivity contribution in [1.82, 2.24) is 19.9 Å². The summed E-state index contributed by atoms with van der Waals surface area (Å²) in [6, 6.07) is 11.2. The lowest BCUT2D eigenvalue weighted by molar-refractivity contribution is -0.120. The van der Waals surface area contributed by atoms with Crippen LogP contribution in [0.15, 0.2) is 42.6 Å². The molecule has 6 heteroatoms. The van der Waals surface area contributed by atoms with Gasteiger partial charge in [-0.2, -0.15) is 0 Å². The number of hydrogen-bond acceptors (Lipinski definition) is 3. The van der Waals surface area contributed by atoms with E-state index in [0.29, 0.717) is 18.0 Å². The largest absolute Gasteiger partial charge is 0.355 e. The molecule has 0 spiro atoms.